The lowest BCUT2D eigenvalue weighted by Gasteiger charge is -2.16. The Balaban J connectivity index is 2.20. The Morgan fingerprint density at radius 2 is 1.91 bits per heavy atom. The van der Waals surface area contributed by atoms with E-state index in [2.05, 4.69) is 50.2 Å². The lowest BCUT2D eigenvalue weighted by atomic mass is 10.0. The van der Waals surface area contributed by atoms with Crippen molar-refractivity contribution in [2.45, 2.75) is 38.2 Å². The molecule has 2 rings (SSSR count). The molecular formula is C19H24O2S. The maximum Gasteiger partial charge on any atom is 0.122 e. The quantitative estimate of drug-likeness (QED) is 0.735. The Hall–Kier alpha value is -1.45. The molecule has 0 saturated carbocycles. The molecule has 2 aromatic carbocycles. The Labute approximate surface area is 137 Å². The molecule has 0 fully saturated rings. The number of hydrogen-bond donors (Lipinski definition) is 1. The molecule has 0 aliphatic rings. The van der Waals surface area contributed by atoms with Crippen LogP contribution in [-0.2, 0) is 0 Å². The van der Waals surface area contributed by atoms with Crippen molar-refractivity contribution in [3.05, 3.63) is 48.0 Å². The summed E-state index contributed by atoms with van der Waals surface area (Å²) in [5.41, 5.74) is 3.56. The molecule has 22 heavy (non-hydrogen) atoms. The molecule has 0 heterocycles. The zero-order valence-electron chi connectivity index (χ0n) is 13.5. The van der Waals surface area contributed by atoms with E-state index in [0.717, 1.165) is 17.1 Å². The number of benzene rings is 2. The fraction of sp³-hybridized carbons (Fsp3) is 0.368. The third-order valence-corrected chi connectivity index (χ3v) is 4.39. The molecule has 3 heteroatoms. The zero-order chi connectivity index (χ0) is 15.9. The molecule has 1 atom stereocenters. The third kappa shape index (κ3) is 4.52. The van der Waals surface area contributed by atoms with Crippen molar-refractivity contribution in [2.24, 2.45) is 0 Å². The summed E-state index contributed by atoms with van der Waals surface area (Å²) in [5.74, 6) is 1.97. The van der Waals surface area contributed by atoms with Crippen LogP contribution in [0.25, 0.3) is 11.1 Å². The van der Waals surface area contributed by atoms with Crippen molar-refractivity contribution in [1.29, 1.82) is 0 Å². The van der Waals surface area contributed by atoms with Gasteiger partial charge < -0.3 is 9.84 Å². The normalized spacial score (nSPS) is 12.2. The number of ether oxygens (including phenoxy) is 1. The summed E-state index contributed by atoms with van der Waals surface area (Å²) in [7, 11) is 0. The van der Waals surface area contributed by atoms with Crippen molar-refractivity contribution in [3.8, 4) is 16.9 Å². The standard InChI is InChI=1S/C19H24O2S/c1-4-22-18-7-5-6-16(13-18)17-8-9-19(14(2)12-17)21-15(3)10-11-20/h5-9,12-13,15,20H,4,10-11H2,1-3H3. The Kier molecular flexibility index (Phi) is 6.34. The van der Waals surface area contributed by atoms with Gasteiger partial charge in [0.15, 0.2) is 0 Å². The number of hydrogen-bond acceptors (Lipinski definition) is 3. The first-order chi connectivity index (χ1) is 10.6. The van der Waals surface area contributed by atoms with Gasteiger partial charge in [0.25, 0.3) is 0 Å². The maximum atomic E-state index is 8.96. The first-order valence-electron chi connectivity index (χ1n) is 7.75. The lowest BCUT2D eigenvalue weighted by Crippen LogP contribution is -2.13. The molecule has 2 aromatic rings. The zero-order valence-corrected chi connectivity index (χ0v) is 14.3. The highest BCUT2D eigenvalue weighted by Crippen LogP contribution is 2.29. The summed E-state index contributed by atoms with van der Waals surface area (Å²) in [5, 5.41) is 8.96. The number of aryl methyl sites for hydroxylation is 1. The Morgan fingerprint density at radius 3 is 2.59 bits per heavy atom. The molecule has 0 radical (unpaired) electrons. The van der Waals surface area contributed by atoms with Crippen molar-refractivity contribution in [2.75, 3.05) is 12.4 Å². The smallest absolute Gasteiger partial charge is 0.122 e. The monoisotopic (exact) mass is 316 g/mol. The van der Waals surface area contributed by atoms with Gasteiger partial charge in [-0.3, -0.25) is 0 Å². The molecule has 0 bridgehead atoms. The van der Waals surface area contributed by atoms with E-state index in [9.17, 15) is 0 Å². The highest BCUT2D eigenvalue weighted by Gasteiger charge is 2.08. The molecular weight excluding hydrogens is 292 g/mol. The minimum Gasteiger partial charge on any atom is -0.490 e. The molecule has 118 valence electrons. The predicted molar refractivity (Wildman–Crippen MR) is 94.8 cm³/mol. The molecule has 0 saturated heterocycles. The summed E-state index contributed by atoms with van der Waals surface area (Å²) in [6, 6.07) is 14.9. The van der Waals surface area contributed by atoms with E-state index in [1.54, 1.807) is 0 Å². The van der Waals surface area contributed by atoms with Crippen LogP contribution in [0.4, 0.5) is 0 Å². The number of thioether (sulfide) groups is 1. The summed E-state index contributed by atoms with van der Waals surface area (Å²) >= 11 is 1.86. The van der Waals surface area contributed by atoms with Gasteiger partial charge in [-0.05, 0) is 60.6 Å². The van der Waals surface area contributed by atoms with Gasteiger partial charge in [-0.1, -0.05) is 25.1 Å². The fourth-order valence-electron chi connectivity index (χ4n) is 2.35. The van der Waals surface area contributed by atoms with Crippen molar-refractivity contribution >= 4 is 11.8 Å². The van der Waals surface area contributed by atoms with Crippen LogP contribution in [0.15, 0.2) is 47.4 Å². The van der Waals surface area contributed by atoms with Gasteiger partial charge in [-0.15, -0.1) is 11.8 Å². The van der Waals surface area contributed by atoms with E-state index < -0.39 is 0 Å². The van der Waals surface area contributed by atoms with Crippen molar-refractivity contribution in [1.82, 2.24) is 0 Å². The van der Waals surface area contributed by atoms with Crippen LogP contribution in [-0.4, -0.2) is 23.6 Å². The second kappa shape index (κ2) is 8.25. The maximum absolute atomic E-state index is 8.96. The lowest BCUT2D eigenvalue weighted by molar-refractivity contribution is 0.168. The largest absolute Gasteiger partial charge is 0.490 e. The molecule has 0 aromatic heterocycles. The van der Waals surface area contributed by atoms with Crippen LogP contribution >= 0.6 is 11.8 Å². The van der Waals surface area contributed by atoms with E-state index in [0.29, 0.717) is 6.42 Å². The SMILES string of the molecule is CCSc1cccc(-c2ccc(OC(C)CCO)c(C)c2)c1. The molecule has 1 N–H and O–H groups in total. The topological polar surface area (TPSA) is 29.5 Å². The van der Waals surface area contributed by atoms with Gasteiger partial charge >= 0.3 is 0 Å². The Morgan fingerprint density at radius 1 is 1.14 bits per heavy atom. The molecule has 2 nitrogen and oxygen atoms in total. The van der Waals surface area contributed by atoms with Crippen LogP contribution in [0.1, 0.15) is 25.8 Å². The summed E-state index contributed by atoms with van der Waals surface area (Å²) in [6.45, 7) is 6.37. The van der Waals surface area contributed by atoms with E-state index in [4.69, 9.17) is 9.84 Å². The van der Waals surface area contributed by atoms with E-state index >= 15 is 0 Å². The molecule has 0 aliphatic carbocycles. The predicted octanol–water partition coefficient (Wildman–Crippen LogP) is 4.92. The van der Waals surface area contributed by atoms with Crippen molar-refractivity contribution in [3.63, 3.8) is 0 Å². The number of rotatable bonds is 7. The van der Waals surface area contributed by atoms with Gasteiger partial charge in [0, 0.05) is 17.9 Å². The molecule has 0 aliphatic heterocycles. The van der Waals surface area contributed by atoms with E-state index in [1.165, 1.54) is 16.0 Å². The van der Waals surface area contributed by atoms with Gasteiger partial charge in [0.1, 0.15) is 5.75 Å². The minimum atomic E-state index is 0.0267. The van der Waals surface area contributed by atoms with Gasteiger partial charge in [-0.2, -0.15) is 0 Å². The summed E-state index contributed by atoms with van der Waals surface area (Å²) in [4.78, 5) is 1.30. The Bertz CT molecular complexity index is 610. The second-order valence-corrected chi connectivity index (χ2v) is 6.72. The summed E-state index contributed by atoms with van der Waals surface area (Å²) in [6.07, 6.45) is 0.677. The molecule has 0 amide bonds. The fourth-order valence-corrected chi connectivity index (χ4v) is 3.07. The van der Waals surface area contributed by atoms with Crippen LogP contribution in [0.3, 0.4) is 0 Å². The highest BCUT2D eigenvalue weighted by atomic mass is 32.2. The first-order valence-corrected chi connectivity index (χ1v) is 8.74. The number of aliphatic hydroxyl groups excluding tert-OH is 1. The summed E-state index contributed by atoms with van der Waals surface area (Å²) < 4.78 is 5.87. The number of aliphatic hydroxyl groups is 1. The van der Waals surface area contributed by atoms with Crippen LogP contribution in [0.2, 0.25) is 0 Å². The average Bonchev–Trinajstić information content (AvgIpc) is 2.50. The third-order valence-electron chi connectivity index (χ3n) is 3.52. The molecule has 1 unspecified atom stereocenters. The average molecular weight is 316 g/mol. The van der Waals surface area contributed by atoms with Gasteiger partial charge in [0.05, 0.1) is 6.10 Å². The van der Waals surface area contributed by atoms with E-state index in [-0.39, 0.29) is 12.7 Å². The first kappa shape index (κ1) is 16.9. The van der Waals surface area contributed by atoms with Gasteiger partial charge in [-0.25, -0.2) is 0 Å². The van der Waals surface area contributed by atoms with Crippen LogP contribution in [0, 0.1) is 6.92 Å². The van der Waals surface area contributed by atoms with Crippen LogP contribution < -0.4 is 4.74 Å². The van der Waals surface area contributed by atoms with Gasteiger partial charge in [0.2, 0.25) is 0 Å². The molecule has 0 spiro atoms. The van der Waals surface area contributed by atoms with E-state index in [1.807, 2.05) is 24.8 Å². The van der Waals surface area contributed by atoms with Crippen molar-refractivity contribution < 1.29 is 9.84 Å². The highest BCUT2D eigenvalue weighted by molar-refractivity contribution is 7.99. The van der Waals surface area contributed by atoms with Crippen LogP contribution in [0.5, 0.6) is 5.75 Å². The second-order valence-electron chi connectivity index (χ2n) is 5.38. The minimum absolute atomic E-state index is 0.0267.